The molecule has 2 saturated carbocycles. The first-order valence-corrected chi connectivity index (χ1v) is 16.2. The number of nitrogens with zero attached hydrogens (tertiary/aromatic N) is 2. The van der Waals surface area contributed by atoms with Crippen LogP contribution in [-0.2, 0) is 11.5 Å². The van der Waals surface area contributed by atoms with Gasteiger partial charge in [0.1, 0.15) is 33.4 Å². The molecule has 2 fully saturated rings. The van der Waals surface area contributed by atoms with E-state index in [1.165, 1.54) is 49.2 Å². The maximum Gasteiger partial charge on any atom is 0.119 e. The molecular formula is C34H34N2O2S2. The fourth-order valence-electron chi connectivity index (χ4n) is 6.55. The molecule has 0 spiro atoms. The molecule has 0 N–H and O–H groups in total. The Kier molecular flexibility index (Phi) is 8.57. The largest absolute Gasteiger partial charge is 0.493 e. The van der Waals surface area contributed by atoms with Gasteiger partial charge in [-0.1, -0.05) is 48.6 Å². The van der Waals surface area contributed by atoms with E-state index in [1.807, 2.05) is 24.3 Å². The summed E-state index contributed by atoms with van der Waals surface area (Å²) in [6.45, 7) is 1.55. The van der Waals surface area contributed by atoms with Crippen LogP contribution in [-0.4, -0.2) is 13.2 Å². The minimum atomic E-state index is 0.469. The fraction of sp³-hybridized carbons (Fsp3) is 0.412. The van der Waals surface area contributed by atoms with Crippen LogP contribution in [0.5, 0.6) is 11.5 Å². The molecule has 2 aromatic rings. The van der Waals surface area contributed by atoms with Crippen molar-refractivity contribution in [1.82, 2.24) is 0 Å². The molecule has 4 aliphatic rings. The number of hydrogen-bond acceptors (Lipinski definition) is 6. The lowest BCUT2D eigenvalue weighted by atomic mass is 9.95. The maximum absolute atomic E-state index is 9.75. The first-order chi connectivity index (χ1) is 19.7. The zero-order chi connectivity index (χ0) is 27.3. The number of nitriles is 2. The van der Waals surface area contributed by atoms with Gasteiger partial charge in [0.2, 0.25) is 0 Å². The number of rotatable bonds is 12. The quantitative estimate of drug-likeness (QED) is 0.190. The lowest BCUT2D eigenvalue weighted by Gasteiger charge is -2.18. The molecular weight excluding hydrogens is 533 g/mol. The summed E-state index contributed by atoms with van der Waals surface area (Å²) in [7, 11) is 0. The van der Waals surface area contributed by atoms with Gasteiger partial charge in [0.25, 0.3) is 0 Å². The van der Waals surface area contributed by atoms with E-state index < -0.39 is 0 Å². The number of benzene rings is 2. The highest BCUT2D eigenvalue weighted by atomic mass is 32.2. The summed E-state index contributed by atoms with van der Waals surface area (Å²) in [6, 6.07) is 20.7. The maximum atomic E-state index is 9.75. The van der Waals surface area contributed by atoms with Crippen LogP contribution in [0.15, 0.2) is 82.6 Å². The van der Waals surface area contributed by atoms with E-state index in [2.05, 4.69) is 60.7 Å². The number of ether oxygens (including phenoxy) is 2. The van der Waals surface area contributed by atoms with Crippen molar-refractivity contribution in [2.24, 2.45) is 35.5 Å². The topological polar surface area (TPSA) is 66.0 Å². The lowest BCUT2D eigenvalue weighted by molar-refractivity contribution is 0.227. The van der Waals surface area contributed by atoms with Gasteiger partial charge in [-0.3, -0.25) is 0 Å². The van der Waals surface area contributed by atoms with Gasteiger partial charge in [0, 0.05) is 11.5 Å². The predicted molar refractivity (Wildman–Crippen MR) is 162 cm³/mol. The molecule has 6 atom stereocenters. The molecule has 0 amide bonds. The van der Waals surface area contributed by atoms with E-state index in [4.69, 9.17) is 9.47 Å². The van der Waals surface area contributed by atoms with Crippen LogP contribution in [0.3, 0.4) is 0 Å². The van der Waals surface area contributed by atoms with Gasteiger partial charge in [-0.15, -0.1) is 23.5 Å². The Balaban J connectivity index is 0.956. The minimum Gasteiger partial charge on any atom is -0.493 e. The van der Waals surface area contributed by atoms with Gasteiger partial charge in [0.15, 0.2) is 0 Å². The first kappa shape index (κ1) is 27.1. The highest BCUT2D eigenvalue weighted by Crippen LogP contribution is 2.44. The van der Waals surface area contributed by atoms with Crippen LogP contribution < -0.4 is 9.47 Å². The number of allylic oxidation sites excluding steroid dienone is 6. The van der Waals surface area contributed by atoms with E-state index in [0.29, 0.717) is 45.0 Å². The van der Waals surface area contributed by atoms with E-state index in [-0.39, 0.29) is 0 Å². The summed E-state index contributed by atoms with van der Waals surface area (Å²) in [5.41, 5.74) is 2.21. The average Bonchev–Trinajstić information content (AvgIpc) is 3.81. The third-order valence-corrected chi connectivity index (χ3v) is 11.0. The smallest absolute Gasteiger partial charge is 0.119 e. The summed E-state index contributed by atoms with van der Waals surface area (Å²) < 4.78 is 12.1. The van der Waals surface area contributed by atoms with Crippen molar-refractivity contribution in [2.45, 2.75) is 37.2 Å². The molecule has 40 heavy (non-hydrogen) atoms. The number of hydrogen-bond donors (Lipinski definition) is 0. The minimum absolute atomic E-state index is 0.469. The van der Waals surface area contributed by atoms with Crippen LogP contribution in [0, 0.1) is 58.2 Å². The van der Waals surface area contributed by atoms with Crippen molar-refractivity contribution in [3.05, 3.63) is 93.8 Å². The lowest BCUT2D eigenvalue weighted by Crippen LogP contribution is -2.16. The first-order valence-electron chi connectivity index (χ1n) is 14.3. The second-order valence-electron chi connectivity index (χ2n) is 11.4. The third kappa shape index (κ3) is 6.46. The zero-order valence-corrected chi connectivity index (χ0v) is 24.2. The van der Waals surface area contributed by atoms with Crippen LogP contribution in [0.1, 0.15) is 36.8 Å². The highest BCUT2D eigenvalue weighted by molar-refractivity contribution is 8.06. The van der Waals surface area contributed by atoms with E-state index in [9.17, 15) is 10.5 Å². The molecule has 4 bridgehead atoms. The number of fused-ring (bicyclic) bond motifs is 4. The third-order valence-electron chi connectivity index (χ3n) is 8.78. The van der Waals surface area contributed by atoms with Gasteiger partial charge < -0.3 is 9.47 Å². The van der Waals surface area contributed by atoms with Gasteiger partial charge in [-0.25, -0.2) is 0 Å². The van der Waals surface area contributed by atoms with E-state index >= 15 is 0 Å². The molecule has 0 aliphatic heterocycles. The normalized spacial score (nSPS) is 27.9. The Morgan fingerprint density at radius 1 is 0.625 bits per heavy atom. The second kappa shape index (κ2) is 12.6. The van der Waals surface area contributed by atoms with Crippen molar-refractivity contribution in [1.29, 1.82) is 10.5 Å². The van der Waals surface area contributed by atoms with Crippen LogP contribution in [0.4, 0.5) is 0 Å². The highest BCUT2D eigenvalue weighted by Gasteiger charge is 2.36. The molecule has 6 heteroatoms. The fourth-order valence-corrected chi connectivity index (χ4v) is 8.39. The standard InChI is InChI=1S/C34H34N2O2S2/c35-17-33(39-21-23-3-9-31(10-4-23)37-19-29-15-25-1-7-27(29)13-25)34(18-36)40-22-24-5-11-32(12-6-24)38-20-30-16-26-2-8-28(30)14-26/h1-12,25-30H,13-16,19-22H2/b34-33-. The monoisotopic (exact) mass is 566 g/mol. The van der Waals surface area contributed by atoms with Crippen molar-refractivity contribution >= 4 is 23.5 Å². The van der Waals surface area contributed by atoms with Crippen LogP contribution in [0.2, 0.25) is 0 Å². The summed E-state index contributed by atoms with van der Waals surface area (Å²) in [5, 5.41) is 19.5. The molecule has 0 radical (unpaired) electrons. The average molecular weight is 567 g/mol. The molecule has 6 unspecified atom stereocenters. The van der Waals surface area contributed by atoms with Crippen molar-refractivity contribution in [2.75, 3.05) is 13.2 Å². The SMILES string of the molecule is N#C/C(SCc1ccc(OCC2CC3C=CC2C3)cc1)=C(\C#N)SCc1ccc(OCC2CC3C=CC2C3)cc1. The van der Waals surface area contributed by atoms with Gasteiger partial charge in [-0.05, 0) is 96.6 Å². The molecule has 4 aliphatic carbocycles. The molecule has 0 saturated heterocycles. The molecule has 0 aromatic heterocycles. The molecule has 0 heterocycles. The Morgan fingerprint density at radius 3 is 1.38 bits per heavy atom. The van der Waals surface area contributed by atoms with Gasteiger partial charge >= 0.3 is 0 Å². The van der Waals surface area contributed by atoms with Crippen LogP contribution >= 0.6 is 23.5 Å². The molecule has 6 rings (SSSR count). The Morgan fingerprint density at radius 2 is 1.05 bits per heavy atom. The Bertz CT molecular complexity index is 1260. The summed E-state index contributed by atoms with van der Waals surface area (Å²) >= 11 is 2.84. The number of thioether (sulfide) groups is 2. The second-order valence-corrected chi connectivity index (χ2v) is 13.4. The zero-order valence-electron chi connectivity index (χ0n) is 22.6. The van der Waals surface area contributed by atoms with E-state index in [1.54, 1.807) is 0 Å². The van der Waals surface area contributed by atoms with Gasteiger partial charge in [0.05, 0.1) is 13.2 Å². The Hall–Kier alpha value is -3.06. The van der Waals surface area contributed by atoms with Crippen molar-refractivity contribution < 1.29 is 9.47 Å². The molecule has 2 aromatic carbocycles. The van der Waals surface area contributed by atoms with Crippen molar-refractivity contribution in [3.63, 3.8) is 0 Å². The van der Waals surface area contributed by atoms with E-state index in [0.717, 1.165) is 47.7 Å². The van der Waals surface area contributed by atoms with Crippen LogP contribution in [0.25, 0.3) is 0 Å². The van der Waals surface area contributed by atoms with Crippen molar-refractivity contribution in [3.8, 4) is 23.6 Å². The van der Waals surface area contributed by atoms with Gasteiger partial charge in [-0.2, -0.15) is 10.5 Å². The predicted octanol–water partition coefficient (Wildman–Crippen LogP) is 8.29. The molecule has 204 valence electrons. The Labute approximate surface area is 246 Å². The summed E-state index contributed by atoms with van der Waals surface area (Å²) in [5.74, 6) is 7.23. The summed E-state index contributed by atoms with van der Waals surface area (Å²) in [6.07, 6.45) is 14.5. The summed E-state index contributed by atoms with van der Waals surface area (Å²) in [4.78, 5) is 0.939. The molecule has 4 nitrogen and oxygen atoms in total.